The van der Waals surface area contributed by atoms with Crippen LogP contribution in [0.5, 0.6) is 11.5 Å². The predicted molar refractivity (Wildman–Crippen MR) is 231 cm³/mol. The lowest BCUT2D eigenvalue weighted by molar-refractivity contribution is -0.0458. The predicted octanol–water partition coefficient (Wildman–Crippen LogP) is 6.79. The van der Waals surface area contributed by atoms with Crippen LogP contribution in [0.1, 0.15) is 67.4 Å². The van der Waals surface area contributed by atoms with Gasteiger partial charge in [-0.05, 0) is 40.0 Å². The lowest BCUT2D eigenvalue weighted by Crippen LogP contribution is -2.67. The molecule has 0 bridgehead atoms. The van der Waals surface area contributed by atoms with Crippen molar-refractivity contribution in [2.45, 2.75) is 70.1 Å². The van der Waals surface area contributed by atoms with Crippen molar-refractivity contribution in [1.29, 1.82) is 5.26 Å². The summed E-state index contributed by atoms with van der Waals surface area (Å²) in [5.41, 5.74) is -0.548. The molecule has 1 aliphatic rings. The molecule has 1 aliphatic heterocycles. The molecule has 0 saturated carbocycles. The van der Waals surface area contributed by atoms with Crippen molar-refractivity contribution in [1.82, 2.24) is 9.55 Å². The Morgan fingerprint density at radius 3 is 2.05 bits per heavy atom. The van der Waals surface area contributed by atoms with Crippen LogP contribution in [-0.2, 0) is 27.3 Å². The number of ketones is 1. The number of nitrogens with one attached hydrogen (secondary N) is 1. The zero-order chi connectivity index (χ0) is 43.8. The zero-order valence-corrected chi connectivity index (χ0v) is 36.8. The van der Waals surface area contributed by atoms with Gasteiger partial charge in [-0.25, -0.2) is 9.36 Å². The van der Waals surface area contributed by atoms with Gasteiger partial charge < -0.3 is 18.6 Å². The van der Waals surface area contributed by atoms with E-state index in [2.05, 4.69) is 25.8 Å². The van der Waals surface area contributed by atoms with E-state index in [0.29, 0.717) is 11.5 Å². The second-order valence-corrected chi connectivity index (χ2v) is 21.4. The maximum Gasteiger partial charge on any atom is 0.476 e. The molecular formula is C45H50N3O11PSi. The Bertz CT molecular complexity index is 2430. The molecule has 0 radical (unpaired) electrons. The number of Topliss-reactive ketones (excluding diaryl/α,β-unsaturated/α-hetero) is 1. The fraction of sp³-hybridized carbons (Fsp3) is 0.333. The van der Waals surface area contributed by atoms with Gasteiger partial charge in [0, 0.05) is 29.8 Å². The average Bonchev–Trinajstić information content (AvgIpc) is 3.65. The fourth-order valence-electron chi connectivity index (χ4n) is 7.48. The van der Waals surface area contributed by atoms with Gasteiger partial charge >= 0.3 is 13.5 Å². The van der Waals surface area contributed by atoms with Crippen molar-refractivity contribution >= 4 is 32.3 Å². The Morgan fingerprint density at radius 1 is 0.934 bits per heavy atom. The highest BCUT2D eigenvalue weighted by molar-refractivity contribution is 7.48. The number of phosphoric acid groups is 1. The first-order chi connectivity index (χ1) is 29.2. The van der Waals surface area contributed by atoms with Crippen molar-refractivity contribution in [2.75, 3.05) is 27.4 Å². The first-order valence-electron chi connectivity index (χ1n) is 19.7. The van der Waals surface area contributed by atoms with Gasteiger partial charge in [0.15, 0.2) is 11.9 Å². The molecule has 1 fully saturated rings. The number of aromatic amines is 1. The van der Waals surface area contributed by atoms with E-state index in [0.717, 1.165) is 10.4 Å². The summed E-state index contributed by atoms with van der Waals surface area (Å²) in [5.74, 6) is 0.0874. The Kier molecular flexibility index (Phi) is 14.4. The van der Waals surface area contributed by atoms with Crippen LogP contribution in [0, 0.1) is 18.3 Å². The summed E-state index contributed by atoms with van der Waals surface area (Å²) in [6.07, 6.45) is -3.66. The Balaban J connectivity index is 1.44. The van der Waals surface area contributed by atoms with Crippen LogP contribution in [0.3, 0.4) is 0 Å². The van der Waals surface area contributed by atoms with E-state index in [1.807, 2.05) is 66.7 Å². The molecule has 2 unspecified atom stereocenters. The van der Waals surface area contributed by atoms with Gasteiger partial charge in [-0.3, -0.25) is 32.7 Å². The number of aromatic nitrogens is 2. The number of H-pyrrole nitrogens is 1. The largest absolute Gasteiger partial charge is 0.497 e. The molecule has 320 valence electrons. The smallest absolute Gasteiger partial charge is 0.476 e. The van der Waals surface area contributed by atoms with Gasteiger partial charge in [-0.2, -0.15) is 5.26 Å². The molecule has 0 aliphatic carbocycles. The van der Waals surface area contributed by atoms with Gasteiger partial charge in [0.1, 0.15) is 29.9 Å². The third kappa shape index (κ3) is 10.2. The summed E-state index contributed by atoms with van der Waals surface area (Å²) < 4.78 is 59.8. The number of phosphoric ester groups is 1. The standard InChI is InChI=1S/C45H50N3O11PSi/c1-31-29-48(44(51)47-43(31)50)40-28-38(39(57-40)30-56-61(45(2,3)4,36-19-12-8-13-20-36)37-21-14-9-15-22-37)58-60(52,55-24-16-23-46)59-42(41(49)32-17-10-7-11-18-32)33-25-34(53-5)27-35(26-33)54-6/h7-15,17-22,25-27,29,38-40,42H,16,24,28,30H2,1-6H3,(H,47,50,51)/t38-,39+,40+,42?,60?/m0/s1. The number of carbonyl (C=O) groups excluding carboxylic acids is 1. The van der Waals surface area contributed by atoms with Crippen LogP contribution in [0.15, 0.2) is 125 Å². The maximum atomic E-state index is 15.2. The number of rotatable bonds is 18. The minimum absolute atomic E-state index is 0.0839. The first kappa shape index (κ1) is 45.1. The number of methoxy groups -OCH3 is 2. The quantitative estimate of drug-likeness (QED) is 0.0423. The van der Waals surface area contributed by atoms with Gasteiger partial charge in [0.25, 0.3) is 13.9 Å². The third-order valence-electron chi connectivity index (χ3n) is 10.5. The summed E-state index contributed by atoms with van der Waals surface area (Å²) in [5, 5.41) is 11.0. The molecule has 16 heteroatoms. The highest BCUT2D eigenvalue weighted by Crippen LogP contribution is 2.57. The van der Waals surface area contributed by atoms with Crippen molar-refractivity contribution in [3.63, 3.8) is 0 Å². The summed E-state index contributed by atoms with van der Waals surface area (Å²) in [4.78, 5) is 42.3. The summed E-state index contributed by atoms with van der Waals surface area (Å²) in [6, 6.07) is 34.9. The molecule has 5 aromatic rings. The molecule has 0 spiro atoms. The SMILES string of the molecule is COc1cc(OC)cc(C(OP(=O)(OCCC#N)O[C@H]2C[C@H](n3cc(C)c(=O)[nH]c3=O)O[C@@H]2CO[Si](c2ccccc2)(c2ccccc2)C(C)(C)C)C(=O)c2ccccc2)c1. The molecule has 1 aromatic heterocycles. The number of aryl methyl sites for hydroxylation is 1. The van der Waals surface area contributed by atoms with Gasteiger partial charge in [-0.1, -0.05) is 112 Å². The molecule has 5 atom stereocenters. The summed E-state index contributed by atoms with van der Waals surface area (Å²) >= 11 is 0. The maximum absolute atomic E-state index is 15.2. The molecule has 0 amide bonds. The van der Waals surface area contributed by atoms with Crippen LogP contribution < -0.4 is 31.1 Å². The molecule has 4 aromatic carbocycles. The van der Waals surface area contributed by atoms with Crippen molar-refractivity contribution in [3.05, 3.63) is 153 Å². The third-order valence-corrected chi connectivity index (χ3v) is 17.0. The van der Waals surface area contributed by atoms with Gasteiger partial charge in [0.2, 0.25) is 0 Å². The Morgan fingerprint density at radius 2 is 1.51 bits per heavy atom. The van der Waals surface area contributed by atoms with Crippen molar-refractivity contribution < 1.29 is 41.6 Å². The normalized spacial score (nSPS) is 18.1. The topological polar surface area (TPSA) is 177 Å². The van der Waals surface area contributed by atoms with E-state index >= 15 is 4.57 Å². The molecule has 14 nitrogen and oxygen atoms in total. The highest BCUT2D eigenvalue weighted by Gasteiger charge is 2.52. The van der Waals surface area contributed by atoms with Crippen molar-refractivity contribution in [3.8, 4) is 17.6 Å². The first-order valence-corrected chi connectivity index (χ1v) is 23.1. The molecule has 1 saturated heterocycles. The van der Waals surface area contributed by atoms with Crippen molar-refractivity contribution in [2.24, 2.45) is 0 Å². The van der Waals surface area contributed by atoms with E-state index in [-0.39, 0.29) is 42.7 Å². The lowest BCUT2D eigenvalue weighted by Gasteiger charge is -2.43. The monoisotopic (exact) mass is 867 g/mol. The number of hydrogen-bond donors (Lipinski definition) is 1. The van der Waals surface area contributed by atoms with Crippen LogP contribution in [-0.4, -0.2) is 63.3 Å². The van der Waals surface area contributed by atoms with E-state index in [9.17, 15) is 19.6 Å². The second-order valence-electron chi connectivity index (χ2n) is 15.5. The van der Waals surface area contributed by atoms with Crippen LogP contribution >= 0.6 is 7.82 Å². The summed E-state index contributed by atoms with van der Waals surface area (Å²) in [6.45, 7) is 7.44. The second kappa shape index (κ2) is 19.5. The Labute approximate surface area is 355 Å². The zero-order valence-electron chi connectivity index (χ0n) is 34.9. The summed E-state index contributed by atoms with van der Waals surface area (Å²) in [7, 11) is -5.15. The van der Waals surface area contributed by atoms with Crippen LogP contribution in [0.2, 0.25) is 5.04 Å². The molecular weight excluding hydrogens is 818 g/mol. The van der Waals surface area contributed by atoms with Gasteiger partial charge in [0.05, 0.1) is 39.9 Å². The fourth-order valence-corrected chi connectivity index (χ4v) is 13.6. The minimum Gasteiger partial charge on any atom is -0.497 e. The number of carbonyl (C=O) groups is 1. The van der Waals surface area contributed by atoms with Gasteiger partial charge in [-0.15, -0.1) is 0 Å². The molecule has 1 N–H and O–H groups in total. The number of hydrogen-bond acceptors (Lipinski definition) is 12. The molecule has 61 heavy (non-hydrogen) atoms. The number of nitriles is 1. The van der Waals surface area contributed by atoms with E-state index < -0.39 is 62.8 Å². The van der Waals surface area contributed by atoms with E-state index in [1.54, 1.807) is 55.5 Å². The minimum atomic E-state index is -4.86. The number of nitrogens with zero attached hydrogens (tertiary/aromatic N) is 2. The van der Waals surface area contributed by atoms with Crippen LogP contribution in [0.25, 0.3) is 0 Å². The number of ether oxygens (including phenoxy) is 3. The van der Waals surface area contributed by atoms with Crippen LogP contribution in [0.4, 0.5) is 0 Å². The van der Waals surface area contributed by atoms with E-state index in [1.165, 1.54) is 25.0 Å². The average molecular weight is 868 g/mol. The number of benzene rings is 4. The molecule has 2 heterocycles. The van der Waals surface area contributed by atoms with E-state index in [4.69, 9.17) is 32.2 Å². The molecule has 6 rings (SSSR count). The highest BCUT2D eigenvalue weighted by atomic mass is 31.2. The lowest BCUT2D eigenvalue weighted by atomic mass is 9.99. The Hall–Kier alpha value is -5.43.